The molecule has 0 N–H and O–H groups in total. The average Bonchev–Trinajstić information content (AvgIpc) is 1.16. The van der Waals surface area contributed by atoms with Crippen LogP contribution in [0.15, 0.2) is 430 Å². The number of rotatable bonds is 12. The van der Waals surface area contributed by atoms with Crippen LogP contribution in [0.3, 0.4) is 0 Å². The van der Waals surface area contributed by atoms with Gasteiger partial charge in [0, 0.05) is 76.5 Å². The Morgan fingerprint density at radius 2 is 0.285 bits per heavy atom. The van der Waals surface area contributed by atoms with Gasteiger partial charge in [0.2, 0.25) is 0 Å². The van der Waals surface area contributed by atoms with E-state index < -0.39 is 0 Å². The van der Waals surface area contributed by atoms with Gasteiger partial charge in [-0.1, -0.05) is 279 Å². The van der Waals surface area contributed by atoms with Crippen LogP contribution in [0.4, 0.5) is 0 Å². The standard InChI is InChI=1S/C120H68N6O4/c1-2-18-69(19-3-1)115-121-118(84-43-52-98-96-34-10-12-36-107(96)128-112(98)66-84)126-119(122-115)85-44-53-101-100-51-42-81(65-111(100)129-113(101)67-85)75-25-16-23-73(58-75)78-40-49-95-104(61-78)92-33-9-7-31-90(92)94-48-39-79(62-105(94)95)76-26-17-27-82(59-76)116-123-117(83-46-55-109-106(63-83)97-35-11-13-37-108(97)127-109)125-120(124-116)86-45-54-102-99-50-41-80(64-110(99)130-114(102)68-86)74-24-15-21-71(57-74)70-20-14-22-72(56-70)77-38-47-93-89-30-5-4-28-87(89)88-29-6-8-32-91(88)103(93)60-77/h1-68H. The second kappa shape index (κ2) is 29.0. The summed E-state index contributed by atoms with van der Waals surface area (Å²) in [5.74, 6) is 3.26. The van der Waals surface area contributed by atoms with E-state index in [0.29, 0.717) is 34.9 Å². The van der Waals surface area contributed by atoms with E-state index in [2.05, 4.69) is 322 Å². The fourth-order valence-corrected chi connectivity index (χ4v) is 19.9. The molecule has 0 fully saturated rings. The summed E-state index contributed by atoms with van der Waals surface area (Å²) in [6.07, 6.45) is 0. The molecule has 0 saturated heterocycles. The first-order valence-electron chi connectivity index (χ1n) is 43.8. The average molecular weight is 1660 g/mol. The van der Waals surface area contributed by atoms with Crippen LogP contribution >= 0.6 is 0 Å². The van der Waals surface area contributed by atoms with E-state index in [0.717, 1.165) is 182 Å². The molecular formula is C120H68N6O4. The number of benzene rings is 21. The maximum Gasteiger partial charge on any atom is 0.164 e. The van der Waals surface area contributed by atoms with Crippen LogP contribution in [0.1, 0.15) is 0 Å². The third kappa shape index (κ3) is 12.1. The second-order valence-electron chi connectivity index (χ2n) is 33.9. The molecule has 27 rings (SSSR count). The van der Waals surface area contributed by atoms with Crippen molar-refractivity contribution >= 4 is 152 Å². The number of aromatic nitrogens is 6. The lowest BCUT2D eigenvalue weighted by atomic mass is 9.90. The number of furan rings is 4. The maximum atomic E-state index is 6.91. The number of para-hydroxylation sites is 2. The van der Waals surface area contributed by atoms with Crippen molar-refractivity contribution in [3.05, 3.63) is 413 Å². The summed E-state index contributed by atoms with van der Waals surface area (Å²) in [6, 6.07) is 146. The van der Waals surface area contributed by atoms with Crippen molar-refractivity contribution in [1.29, 1.82) is 0 Å². The quantitative estimate of drug-likeness (QED) is 0.109. The van der Waals surface area contributed by atoms with E-state index in [1.165, 1.54) is 70.4 Å². The molecule has 0 saturated carbocycles. The van der Waals surface area contributed by atoms with E-state index in [-0.39, 0.29) is 0 Å². The lowest BCUT2D eigenvalue weighted by Gasteiger charge is -2.14. The second-order valence-corrected chi connectivity index (χ2v) is 33.9. The molecule has 10 heteroatoms. The van der Waals surface area contributed by atoms with Gasteiger partial charge in [0.1, 0.15) is 44.7 Å². The molecule has 0 atom stereocenters. The van der Waals surface area contributed by atoms with Gasteiger partial charge in [-0.05, 0) is 265 Å². The van der Waals surface area contributed by atoms with Gasteiger partial charge in [-0.3, -0.25) is 0 Å². The van der Waals surface area contributed by atoms with Crippen molar-refractivity contribution in [1.82, 2.24) is 29.9 Å². The Bertz CT molecular complexity index is 9450. The predicted molar refractivity (Wildman–Crippen MR) is 533 cm³/mol. The Hall–Kier alpha value is -17.6. The van der Waals surface area contributed by atoms with Crippen molar-refractivity contribution in [2.24, 2.45) is 0 Å². The topological polar surface area (TPSA) is 130 Å². The fraction of sp³-hybridized carbons (Fsp3) is 0. The molecule has 0 aliphatic carbocycles. The molecule has 10 nitrogen and oxygen atoms in total. The summed E-state index contributed by atoms with van der Waals surface area (Å²) in [4.78, 5) is 31.3. The molecule has 0 unspecified atom stereocenters. The highest BCUT2D eigenvalue weighted by molar-refractivity contribution is 6.28. The monoisotopic (exact) mass is 1660 g/mol. The summed E-state index contributed by atoms with van der Waals surface area (Å²) in [7, 11) is 0. The first kappa shape index (κ1) is 72.8. The minimum absolute atomic E-state index is 0.519. The minimum Gasteiger partial charge on any atom is -0.456 e. The third-order valence-electron chi connectivity index (χ3n) is 26.3. The van der Waals surface area contributed by atoms with Gasteiger partial charge in [0.05, 0.1) is 0 Å². The van der Waals surface area contributed by atoms with Crippen LogP contribution in [0.2, 0.25) is 0 Å². The van der Waals surface area contributed by atoms with Gasteiger partial charge in [-0.2, -0.15) is 0 Å². The van der Waals surface area contributed by atoms with Crippen molar-refractivity contribution in [2.45, 2.75) is 0 Å². The normalized spacial score (nSPS) is 12.0. The molecule has 0 spiro atoms. The molecule has 0 bridgehead atoms. The molecule has 0 aliphatic heterocycles. The molecule has 130 heavy (non-hydrogen) atoms. The highest BCUT2D eigenvalue weighted by Crippen LogP contribution is 2.46. The first-order chi connectivity index (χ1) is 64.3. The largest absolute Gasteiger partial charge is 0.456 e. The smallest absolute Gasteiger partial charge is 0.164 e. The van der Waals surface area contributed by atoms with Gasteiger partial charge < -0.3 is 17.7 Å². The van der Waals surface area contributed by atoms with Crippen molar-refractivity contribution < 1.29 is 17.7 Å². The van der Waals surface area contributed by atoms with Gasteiger partial charge in [-0.25, -0.2) is 29.9 Å². The van der Waals surface area contributed by atoms with E-state index >= 15 is 0 Å². The lowest BCUT2D eigenvalue weighted by molar-refractivity contribution is 0.668. The molecule has 6 heterocycles. The summed E-state index contributed by atoms with van der Waals surface area (Å²) in [5.41, 5.74) is 24.5. The number of hydrogen-bond acceptors (Lipinski definition) is 10. The predicted octanol–water partition coefficient (Wildman–Crippen LogP) is 32.6. The van der Waals surface area contributed by atoms with Gasteiger partial charge >= 0.3 is 0 Å². The van der Waals surface area contributed by atoms with Crippen LogP contribution in [-0.4, -0.2) is 29.9 Å². The Balaban J connectivity index is 0.500. The molecule has 0 aliphatic rings. The zero-order chi connectivity index (χ0) is 85.2. The summed E-state index contributed by atoms with van der Waals surface area (Å²) in [6.45, 7) is 0. The first-order valence-corrected chi connectivity index (χ1v) is 43.8. The van der Waals surface area contributed by atoms with E-state index in [1.54, 1.807) is 0 Å². The van der Waals surface area contributed by atoms with Crippen LogP contribution in [0, 0.1) is 0 Å². The zero-order valence-corrected chi connectivity index (χ0v) is 69.6. The molecular weight excluding hydrogens is 1590 g/mol. The minimum atomic E-state index is 0.519. The third-order valence-corrected chi connectivity index (χ3v) is 26.3. The van der Waals surface area contributed by atoms with Crippen molar-refractivity contribution in [2.75, 3.05) is 0 Å². The highest BCUT2D eigenvalue weighted by atomic mass is 16.3. The van der Waals surface area contributed by atoms with E-state index in [4.69, 9.17) is 47.6 Å². The molecule has 6 aromatic heterocycles. The van der Waals surface area contributed by atoms with Crippen LogP contribution in [0.5, 0.6) is 0 Å². The Labute approximate surface area is 742 Å². The highest BCUT2D eigenvalue weighted by Gasteiger charge is 2.23. The number of nitrogens with zero attached hydrogens (tertiary/aromatic N) is 6. The summed E-state index contributed by atoms with van der Waals surface area (Å²) in [5, 5.41) is 22.8. The van der Waals surface area contributed by atoms with Gasteiger partial charge in [0.25, 0.3) is 0 Å². The number of hydrogen-bond donors (Lipinski definition) is 0. The van der Waals surface area contributed by atoms with Crippen molar-refractivity contribution in [3.8, 4) is 135 Å². The van der Waals surface area contributed by atoms with Crippen molar-refractivity contribution in [3.63, 3.8) is 0 Å². The van der Waals surface area contributed by atoms with Crippen LogP contribution in [0.25, 0.3) is 287 Å². The molecule has 21 aromatic carbocycles. The Kier molecular flexibility index (Phi) is 16.2. The van der Waals surface area contributed by atoms with E-state index in [9.17, 15) is 0 Å². The SMILES string of the molecule is c1ccc(-c2nc(-c3ccc4c(c3)oc3ccccc34)nc(-c3ccc4c(c3)oc3cc(-c5cccc(-c6ccc7c(c6)c6ccccc6c6ccc(-c8cccc(-c9nc(-c%10ccc%11c(c%10)oc%10cc(-c%12cccc(-c%13cccc(-c%14ccc%15c%16ccccc%16c%16ccccc%16c%15c%14)c%13)c%12)ccc%10%11)nc(-c%10ccc%11oc%12ccccc%12c%11c%10)n9)c8)cc67)c5)ccc34)n2)cc1. The molecule has 0 radical (unpaired) electrons. The lowest BCUT2D eigenvalue weighted by Crippen LogP contribution is -2.00. The van der Waals surface area contributed by atoms with Gasteiger partial charge in [0.15, 0.2) is 34.9 Å². The molecule has 0 amide bonds. The number of fused-ring (bicyclic) bond motifs is 24. The molecule has 602 valence electrons. The zero-order valence-electron chi connectivity index (χ0n) is 69.6. The molecule has 27 aromatic rings. The summed E-state index contributed by atoms with van der Waals surface area (Å²) < 4.78 is 26.4. The van der Waals surface area contributed by atoms with E-state index in [1.807, 2.05) is 91.0 Å². The van der Waals surface area contributed by atoms with Crippen LogP contribution in [-0.2, 0) is 0 Å². The summed E-state index contributed by atoms with van der Waals surface area (Å²) >= 11 is 0. The fourth-order valence-electron chi connectivity index (χ4n) is 19.9. The van der Waals surface area contributed by atoms with Crippen LogP contribution < -0.4 is 0 Å². The maximum absolute atomic E-state index is 6.91. The Morgan fingerprint density at radius 3 is 0.654 bits per heavy atom. The Morgan fingerprint density at radius 1 is 0.100 bits per heavy atom. The van der Waals surface area contributed by atoms with Gasteiger partial charge in [-0.15, -0.1) is 0 Å².